The fourth-order valence-corrected chi connectivity index (χ4v) is 1.73. The number of carboxylic acid groups (broad SMARTS) is 1. The first-order chi connectivity index (χ1) is 8.06. The SMILES string of the molecule is CC(C)(C)OC(=O)N1CCC(=O)[C@](C)(C(=O)O)C1. The lowest BCUT2D eigenvalue weighted by molar-refractivity contribution is -0.157. The number of ketones is 1. The van der Waals surface area contributed by atoms with Crippen LogP contribution in [0.1, 0.15) is 34.1 Å². The Balaban J connectivity index is 2.80. The Kier molecular flexibility index (Phi) is 3.69. The number of rotatable bonds is 1. The number of Topliss-reactive ketones (excluding diaryl/α,β-unsaturated/α-hetero) is 1. The molecular weight excluding hydrogens is 238 g/mol. The first-order valence-corrected chi connectivity index (χ1v) is 5.81. The van der Waals surface area contributed by atoms with Crippen LogP contribution in [0.5, 0.6) is 0 Å². The molecule has 1 aliphatic rings. The van der Waals surface area contributed by atoms with Gasteiger partial charge in [0.25, 0.3) is 0 Å². The smallest absolute Gasteiger partial charge is 0.410 e. The average molecular weight is 257 g/mol. The van der Waals surface area contributed by atoms with Crippen LogP contribution in [-0.4, -0.2) is 46.5 Å². The molecule has 1 fully saturated rings. The highest BCUT2D eigenvalue weighted by Crippen LogP contribution is 2.27. The summed E-state index contributed by atoms with van der Waals surface area (Å²) in [6, 6.07) is 0. The highest BCUT2D eigenvalue weighted by molar-refractivity contribution is 6.04. The summed E-state index contributed by atoms with van der Waals surface area (Å²) in [7, 11) is 0. The van der Waals surface area contributed by atoms with Crippen LogP contribution in [0.2, 0.25) is 0 Å². The summed E-state index contributed by atoms with van der Waals surface area (Å²) >= 11 is 0. The molecular formula is C12H19NO5. The summed E-state index contributed by atoms with van der Waals surface area (Å²) in [6.07, 6.45) is -0.537. The highest BCUT2D eigenvalue weighted by atomic mass is 16.6. The summed E-state index contributed by atoms with van der Waals surface area (Å²) in [6.45, 7) is 6.60. The minimum absolute atomic E-state index is 0.0437. The zero-order valence-corrected chi connectivity index (χ0v) is 11.1. The molecule has 0 saturated carbocycles. The van der Waals surface area contributed by atoms with Gasteiger partial charge in [-0.15, -0.1) is 0 Å². The van der Waals surface area contributed by atoms with Gasteiger partial charge in [0.2, 0.25) is 0 Å². The van der Waals surface area contributed by atoms with Gasteiger partial charge < -0.3 is 14.7 Å². The molecule has 0 bridgehead atoms. The van der Waals surface area contributed by atoms with Crippen molar-refractivity contribution < 1.29 is 24.2 Å². The lowest BCUT2D eigenvalue weighted by Gasteiger charge is -2.36. The van der Waals surface area contributed by atoms with Crippen molar-refractivity contribution in [2.24, 2.45) is 5.41 Å². The number of piperidine rings is 1. The molecule has 0 aromatic carbocycles. The summed E-state index contributed by atoms with van der Waals surface area (Å²) in [5.74, 6) is -1.56. The van der Waals surface area contributed by atoms with Gasteiger partial charge in [-0.05, 0) is 27.7 Å². The van der Waals surface area contributed by atoms with E-state index in [2.05, 4.69) is 0 Å². The van der Waals surface area contributed by atoms with E-state index in [0.29, 0.717) is 0 Å². The number of likely N-dealkylation sites (tertiary alicyclic amines) is 1. The maximum Gasteiger partial charge on any atom is 0.410 e. The number of hydrogen-bond acceptors (Lipinski definition) is 4. The fraction of sp³-hybridized carbons (Fsp3) is 0.750. The van der Waals surface area contributed by atoms with Crippen LogP contribution in [0.25, 0.3) is 0 Å². The number of hydrogen-bond donors (Lipinski definition) is 1. The van der Waals surface area contributed by atoms with E-state index in [9.17, 15) is 14.4 Å². The fourth-order valence-electron chi connectivity index (χ4n) is 1.73. The second kappa shape index (κ2) is 4.59. The maximum atomic E-state index is 11.8. The van der Waals surface area contributed by atoms with E-state index in [1.807, 2.05) is 0 Å². The molecule has 0 aliphatic carbocycles. The number of carbonyl (C=O) groups excluding carboxylic acids is 2. The largest absolute Gasteiger partial charge is 0.480 e. The Morgan fingerprint density at radius 1 is 1.39 bits per heavy atom. The van der Waals surface area contributed by atoms with E-state index in [1.165, 1.54) is 11.8 Å². The van der Waals surface area contributed by atoms with Gasteiger partial charge in [0.05, 0.1) is 0 Å². The van der Waals surface area contributed by atoms with Crippen LogP contribution in [0.3, 0.4) is 0 Å². The molecule has 1 amide bonds. The van der Waals surface area contributed by atoms with Crippen LogP contribution >= 0.6 is 0 Å². The zero-order valence-electron chi connectivity index (χ0n) is 11.1. The van der Waals surface area contributed by atoms with E-state index in [0.717, 1.165) is 0 Å². The number of aliphatic carboxylic acids is 1. The Labute approximate surface area is 106 Å². The third-order valence-electron chi connectivity index (χ3n) is 2.86. The second-order valence-corrected chi connectivity index (χ2v) is 5.71. The summed E-state index contributed by atoms with van der Waals surface area (Å²) < 4.78 is 5.17. The number of carbonyl (C=O) groups is 3. The van der Waals surface area contributed by atoms with Gasteiger partial charge in [-0.2, -0.15) is 0 Å². The molecule has 18 heavy (non-hydrogen) atoms. The van der Waals surface area contributed by atoms with Gasteiger partial charge in [0, 0.05) is 19.5 Å². The predicted molar refractivity (Wildman–Crippen MR) is 63.2 cm³/mol. The third-order valence-corrected chi connectivity index (χ3v) is 2.86. The van der Waals surface area contributed by atoms with Gasteiger partial charge in [-0.3, -0.25) is 9.59 Å². The lowest BCUT2D eigenvalue weighted by Crippen LogP contribution is -2.54. The molecule has 6 heteroatoms. The monoisotopic (exact) mass is 257 g/mol. The quantitative estimate of drug-likeness (QED) is 0.715. The van der Waals surface area contributed by atoms with Crippen molar-refractivity contribution in [1.29, 1.82) is 0 Å². The summed E-state index contributed by atoms with van der Waals surface area (Å²) in [5.41, 5.74) is -2.17. The van der Waals surface area contributed by atoms with Crippen molar-refractivity contribution in [3.63, 3.8) is 0 Å². The van der Waals surface area contributed by atoms with Crippen molar-refractivity contribution in [2.45, 2.75) is 39.7 Å². The van der Waals surface area contributed by atoms with Gasteiger partial charge in [0.15, 0.2) is 5.78 Å². The summed E-state index contributed by atoms with van der Waals surface area (Å²) in [4.78, 5) is 35.9. The molecule has 0 aromatic heterocycles. The second-order valence-electron chi connectivity index (χ2n) is 5.71. The van der Waals surface area contributed by atoms with E-state index < -0.39 is 23.1 Å². The van der Waals surface area contributed by atoms with Crippen molar-refractivity contribution in [1.82, 2.24) is 4.90 Å². The number of amides is 1. The molecule has 0 unspecified atom stereocenters. The Morgan fingerprint density at radius 2 is 1.94 bits per heavy atom. The molecule has 0 spiro atoms. The van der Waals surface area contributed by atoms with Gasteiger partial charge >= 0.3 is 12.1 Å². The third kappa shape index (κ3) is 3.00. The normalized spacial score (nSPS) is 24.9. The van der Waals surface area contributed by atoms with Crippen LogP contribution in [-0.2, 0) is 14.3 Å². The molecule has 0 radical (unpaired) electrons. The van der Waals surface area contributed by atoms with Crippen molar-refractivity contribution >= 4 is 17.8 Å². The minimum atomic E-state index is -1.53. The predicted octanol–water partition coefficient (Wildman–Crippen LogP) is 1.29. The Hall–Kier alpha value is -1.59. The average Bonchev–Trinajstić information content (AvgIpc) is 2.19. The highest BCUT2D eigenvalue weighted by Gasteiger charge is 2.47. The number of nitrogens with zero attached hydrogens (tertiary/aromatic N) is 1. The standard InChI is InChI=1S/C12H19NO5/c1-11(2,3)18-10(17)13-6-5-8(14)12(4,7-13)9(15)16/h5-7H2,1-4H3,(H,15,16)/t12-/m1/s1. The van der Waals surface area contributed by atoms with Gasteiger partial charge in [-0.25, -0.2) is 4.79 Å². The van der Waals surface area contributed by atoms with Crippen LogP contribution < -0.4 is 0 Å². The first kappa shape index (κ1) is 14.5. The minimum Gasteiger partial charge on any atom is -0.480 e. The zero-order chi connectivity index (χ0) is 14.1. The summed E-state index contributed by atoms with van der Waals surface area (Å²) in [5, 5.41) is 9.10. The molecule has 102 valence electrons. The molecule has 1 saturated heterocycles. The first-order valence-electron chi connectivity index (χ1n) is 5.81. The van der Waals surface area contributed by atoms with E-state index >= 15 is 0 Å². The van der Waals surface area contributed by atoms with Crippen LogP contribution in [0, 0.1) is 5.41 Å². The molecule has 1 atom stereocenters. The topological polar surface area (TPSA) is 83.9 Å². The van der Waals surface area contributed by atoms with Crippen molar-refractivity contribution in [3.8, 4) is 0 Å². The maximum absolute atomic E-state index is 11.8. The van der Waals surface area contributed by atoms with Crippen LogP contribution in [0.4, 0.5) is 4.79 Å². The van der Waals surface area contributed by atoms with Crippen LogP contribution in [0.15, 0.2) is 0 Å². The number of carboxylic acids is 1. The van der Waals surface area contributed by atoms with E-state index in [-0.39, 0.29) is 25.3 Å². The van der Waals surface area contributed by atoms with Crippen molar-refractivity contribution in [3.05, 3.63) is 0 Å². The Morgan fingerprint density at radius 3 is 2.39 bits per heavy atom. The molecule has 1 aliphatic heterocycles. The van der Waals surface area contributed by atoms with Crippen molar-refractivity contribution in [2.75, 3.05) is 13.1 Å². The van der Waals surface area contributed by atoms with Gasteiger partial charge in [-0.1, -0.05) is 0 Å². The molecule has 0 aromatic rings. The van der Waals surface area contributed by atoms with E-state index in [1.54, 1.807) is 20.8 Å². The molecule has 1 N–H and O–H groups in total. The molecule has 6 nitrogen and oxygen atoms in total. The molecule has 1 heterocycles. The number of ether oxygens (including phenoxy) is 1. The molecule has 1 rings (SSSR count). The van der Waals surface area contributed by atoms with E-state index in [4.69, 9.17) is 9.84 Å². The Bertz CT molecular complexity index is 384. The van der Waals surface area contributed by atoms with Gasteiger partial charge in [0.1, 0.15) is 11.0 Å². The lowest BCUT2D eigenvalue weighted by atomic mass is 9.81.